The Bertz CT molecular complexity index is 1840. The van der Waals surface area contributed by atoms with Crippen molar-refractivity contribution >= 4 is 54.8 Å². The van der Waals surface area contributed by atoms with Gasteiger partial charge >= 0.3 is 0 Å². The summed E-state index contributed by atoms with van der Waals surface area (Å²) in [4.78, 5) is 16.4. The number of nitriles is 1. The molecule has 5 rings (SSSR count). The first kappa shape index (κ1) is 24.8. The molecule has 0 unspecified atom stereocenters. The molecule has 0 atom stereocenters. The largest absolute Gasteiger partial charge is 0.492 e. The molecule has 0 aliphatic rings. The summed E-state index contributed by atoms with van der Waals surface area (Å²) in [5.74, 6) is 0.213. The van der Waals surface area contributed by atoms with Crippen molar-refractivity contribution in [2.24, 2.45) is 0 Å². The lowest BCUT2D eigenvalue weighted by Gasteiger charge is -2.16. The van der Waals surface area contributed by atoms with Gasteiger partial charge in [0.15, 0.2) is 0 Å². The molecule has 2 aromatic heterocycles. The average molecular weight is 526 g/mol. The number of carbonyl (C=O) groups excluding carboxylic acids is 1. The number of anilines is 3. The van der Waals surface area contributed by atoms with Crippen molar-refractivity contribution in [3.8, 4) is 11.8 Å². The fourth-order valence-electron chi connectivity index (χ4n) is 4.26. The summed E-state index contributed by atoms with van der Waals surface area (Å²) in [5, 5.41) is 17.2. The van der Waals surface area contributed by atoms with Crippen molar-refractivity contribution in [1.29, 1.82) is 5.26 Å². The molecular formula is C28H23N5O4S. The Hall–Kier alpha value is -4.88. The topological polar surface area (TPSA) is 126 Å². The molecule has 0 aliphatic carbocycles. The molecule has 9 nitrogen and oxygen atoms in total. The van der Waals surface area contributed by atoms with E-state index in [1.54, 1.807) is 60.7 Å². The predicted octanol–water partition coefficient (Wildman–Crippen LogP) is 5.40. The molecule has 0 saturated heterocycles. The Morgan fingerprint density at radius 3 is 2.61 bits per heavy atom. The van der Waals surface area contributed by atoms with Crippen LogP contribution in [-0.4, -0.2) is 29.9 Å². The van der Waals surface area contributed by atoms with Gasteiger partial charge in [-0.25, -0.2) is 12.4 Å². The normalized spacial score (nSPS) is 11.3. The van der Waals surface area contributed by atoms with Crippen LogP contribution in [0.2, 0.25) is 0 Å². The zero-order valence-corrected chi connectivity index (χ0v) is 21.4. The van der Waals surface area contributed by atoms with Crippen LogP contribution in [-0.2, 0) is 14.8 Å². The van der Waals surface area contributed by atoms with Gasteiger partial charge in [-0.05, 0) is 49.4 Å². The van der Waals surface area contributed by atoms with Crippen LogP contribution in [0.3, 0.4) is 0 Å². The molecule has 0 fully saturated rings. The SMILES string of the molecule is CCOc1cc2ncc(C#N)c(Nc3ccc4c(ccn4S(=O)(=O)c4ccccc4)c3)c2cc1NC(C)=O. The van der Waals surface area contributed by atoms with Gasteiger partial charge in [-0.3, -0.25) is 9.78 Å². The van der Waals surface area contributed by atoms with Gasteiger partial charge in [0.2, 0.25) is 5.91 Å². The fraction of sp³-hybridized carbons (Fsp3) is 0.107. The fourth-order valence-corrected chi connectivity index (χ4v) is 5.63. The van der Waals surface area contributed by atoms with Gasteiger partial charge in [0.05, 0.1) is 39.5 Å². The lowest BCUT2D eigenvalue weighted by atomic mass is 10.1. The van der Waals surface area contributed by atoms with Crippen LogP contribution in [0, 0.1) is 11.3 Å². The third-order valence-electron chi connectivity index (χ3n) is 5.92. The van der Waals surface area contributed by atoms with Crippen LogP contribution in [0.1, 0.15) is 19.4 Å². The van der Waals surface area contributed by atoms with E-state index in [2.05, 4.69) is 21.7 Å². The number of benzene rings is 3. The predicted molar refractivity (Wildman–Crippen MR) is 146 cm³/mol. The van der Waals surface area contributed by atoms with Gasteiger partial charge in [0.25, 0.3) is 10.0 Å². The number of rotatable bonds is 7. The van der Waals surface area contributed by atoms with Gasteiger partial charge in [-0.15, -0.1) is 0 Å². The van der Waals surface area contributed by atoms with E-state index in [4.69, 9.17) is 4.74 Å². The zero-order chi connectivity index (χ0) is 26.9. The van der Waals surface area contributed by atoms with E-state index in [1.807, 2.05) is 13.0 Å². The number of hydrogen-bond donors (Lipinski definition) is 2. The maximum absolute atomic E-state index is 13.2. The minimum Gasteiger partial charge on any atom is -0.492 e. The van der Waals surface area contributed by atoms with Crippen LogP contribution < -0.4 is 15.4 Å². The summed E-state index contributed by atoms with van der Waals surface area (Å²) in [6, 6.07) is 20.8. The number of fused-ring (bicyclic) bond motifs is 2. The highest BCUT2D eigenvalue weighted by Gasteiger charge is 2.19. The zero-order valence-electron chi connectivity index (χ0n) is 20.6. The van der Waals surface area contributed by atoms with Gasteiger partial charge in [-0.2, -0.15) is 5.26 Å². The Labute approximate surface area is 219 Å². The highest BCUT2D eigenvalue weighted by atomic mass is 32.2. The first-order chi connectivity index (χ1) is 18.3. The van der Waals surface area contributed by atoms with Crippen LogP contribution in [0.4, 0.5) is 17.1 Å². The van der Waals surface area contributed by atoms with Crippen LogP contribution in [0.5, 0.6) is 5.75 Å². The second-order valence-corrected chi connectivity index (χ2v) is 10.3. The second-order valence-electron chi connectivity index (χ2n) is 8.47. The number of nitrogens with zero attached hydrogens (tertiary/aromatic N) is 3. The molecule has 1 amide bonds. The molecule has 190 valence electrons. The summed E-state index contributed by atoms with van der Waals surface area (Å²) in [7, 11) is -3.76. The van der Waals surface area contributed by atoms with Crippen molar-refractivity contribution in [3.05, 3.63) is 84.7 Å². The second kappa shape index (κ2) is 9.88. The number of pyridine rings is 1. The highest BCUT2D eigenvalue weighted by molar-refractivity contribution is 7.90. The Morgan fingerprint density at radius 2 is 1.89 bits per heavy atom. The summed E-state index contributed by atoms with van der Waals surface area (Å²) < 4.78 is 33.3. The molecule has 0 spiro atoms. The molecule has 0 saturated carbocycles. The van der Waals surface area contributed by atoms with Crippen molar-refractivity contribution in [2.45, 2.75) is 18.7 Å². The third-order valence-corrected chi connectivity index (χ3v) is 7.63. The van der Waals surface area contributed by atoms with E-state index in [0.29, 0.717) is 56.8 Å². The molecule has 38 heavy (non-hydrogen) atoms. The van der Waals surface area contributed by atoms with E-state index < -0.39 is 10.0 Å². The van der Waals surface area contributed by atoms with Crippen LogP contribution in [0.25, 0.3) is 21.8 Å². The van der Waals surface area contributed by atoms with Crippen molar-refractivity contribution < 1.29 is 17.9 Å². The van der Waals surface area contributed by atoms with Gasteiger partial charge in [-0.1, -0.05) is 18.2 Å². The summed E-state index contributed by atoms with van der Waals surface area (Å²) in [6.07, 6.45) is 2.99. The van der Waals surface area contributed by atoms with Crippen LogP contribution in [0.15, 0.2) is 84.0 Å². The van der Waals surface area contributed by atoms with E-state index >= 15 is 0 Å². The van der Waals surface area contributed by atoms with Crippen molar-refractivity contribution in [3.63, 3.8) is 0 Å². The number of ether oxygens (including phenoxy) is 1. The van der Waals surface area contributed by atoms with Gasteiger partial charge < -0.3 is 15.4 Å². The van der Waals surface area contributed by atoms with E-state index in [-0.39, 0.29) is 10.8 Å². The minimum absolute atomic E-state index is 0.197. The van der Waals surface area contributed by atoms with E-state index in [9.17, 15) is 18.5 Å². The average Bonchev–Trinajstić information content (AvgIpc) is 3.34. The maximum atomic E-state index is 13.2. The summed E-state index contributed by atoms with van der Waals surface area (Å²) in [5.41, 5.74) is 3.01. The number of carbonyl (C=O) groups is 1. The van der Waals surface area contributed by atoms with Gasteiger partial charge in [0.1, 0.15) is 11.8 Å². The quantitative estimate of drug-likeness (QED) is 0.291. The molecule has 3 aromatic carbocycles. The maximum Gasteiger partial charge on any atom is 0.268 e. The van der Waals surface area contributed by atoms with Gasteiger partial charge in [0, 0.05) is 41.8 Å². The summed E-state index contributed by atoms with van der Waals surface area (Å²) >= 11 is 0. The standard InChI is InChI=1S/C28H23N5O4S/c1-3-37-27-15-24-23(14-25(27)31-18(2)34)28(20(16-29)17-30-24)32-21-9-10-26-19(13-21)11-12-33(26)38(35,36)22-7-5-4-6-8-22/h4-15,17H,3H2,1-2H3,(H,30,32)(H,31,34). The Kier molecular flexibility index (Phi) is 6.45. The minimum atomic E-state index is -3.76. The molecular weight excluding hydrogens is 502 g/mol. The molecule has 5 aromatic rings. The monoisotopic (exact) mass is 525 g/mol. The van der Waals surface area contributed by atoms with Crippen LogP contribution >= 0.6 is 0 Å². The lowest BCUT2D eigenvalue weighted by Crippen LogP contribution is -2.11. The smallest absolute Gasteiger partial charge is 0.268 e. The number of nitrogens with one attached hydrogen (secondary N) is 2. The van der Waals surface area contributed by atoms with E-state index in [1.165, 1.54) is 23.3 Å². The number of aromatic nitrogens is 2. The Morgan fingerprint density at radius 1 is 1.11 bits per heavy atom. The molecule has 0 aliphatic heterocycles. The van der Waals surface area contributed by atoms with E-state index in [0.717, 1.165) is 0 Å². The molecule has 10 heteroatoms. The molecule has 0 radical (unpaired) electrons. The first-order valence-corrected chi connectivity index (χ1v) is 13.2. The third kappa shape index (κ3) is 4.51. The molecule has 2 heterocycles. The lowest BCUT2D eigenvalue weighted by molar-refractivity contribution is -0.114. The number of amides is 1. The Balaban J connectivity index is 1.58. The van der Waals surface area contributed by atoms with Crippen molar-refractivity contribution in [2.75, 3.05) is 17.2 Å². The summed E-state index contributed by atoms with van der Waals surface area (Å²) in [6.45, 7) is 3.65. The highest BCUT2D eigenvalue weighted by Crippen LogP contribution is 2.36. The number of hydrogen-bond acceptors (Lipinski definition) is 7. The molecule has 2 N–H and O–H groups in total. The first-order valence-electron chi connectivity index (χ1n) is 11.8. The molecule has 0 bridgehead atoms. The van der Waals surface area contributed by atoms with Crippen molar-refractivity contribution in [1.82, 2.24) is 8.96 Å².